The van der Waals surface area contributed by atoms with Crippen molar-refractivity contribution in [2.75, 3.05) is 14.2 Å². The molecule has 0 aliphatic carbocycles. The van der Waals surface area contributed by atoms with Crippen LogP contribution in [-0.2, 0) is 0 Å². The van der Waals surface area contributed by atoms with Crippen molar-refractivity contribution in [1.29, 1.82) is 10.5 Å². The van der Waals surface area contributed by atoms with Crippen molar-refractivity contribution in [3.8, 4) is 54.3 Å². The van der Waals surface area contributed by atoms with Gasteiger partial charge in [0.1, 0.15) is 23.6 Å². The van der Waals surface area contributed by atoms with Crippen LogP contribution in [0.4, 0.5) is 0 Å². The SMILES string of the molecule is COc1ccc(-c2cc(C#N)c(-c3sc(-c4ccc(OC)cc4)cc3C#N)s2)cc1. The Morgan fingerprint density at radius 1 is 0.633 bits per heavy atom. The van der Waals surface area contributed by atoms with Crippen molar-refractivity contribution in [2.24, 2.45) is 0 Å². The van der Waals surface area contributed by atoms with E-state index in [9.17, 15) is 10.5 Å². The summed E-state index contributed by atoms with van der Waals surface area (Å²) < 4.78 is 10.4. The highest BCUT2D eigenvalue weighted by molar-refractivity contribution is 7.25. The van der Waals surface area contributed by atoms with E-state index in [-0.39, 0.29) is 0 Å². The van der Waals surface area contributed by atoms with Crippen LogP contribution in [-0.4, -0.2) is 14.2 Å². The molecule has 0 saturated carbocycles. The maximum absolute atomic E-state index is 9.71. The fraction of sp³-hybridized carbons (Fsp3) is 0.0833. The highest BCUT2D eigenvalue weighted by atomic mass is 32.1. The zero-order chi connectivity index (χ0) is 21.1. The van der Waals surface area contributed by atoms with Crippen molar-refractivity contribution in [3.05, 3.63) is 71.8 Å². The summed E-state index contributed by atoms with van der Waals surface area (Å²) in [4.78, 5) is 3.61. The molecule has 6 heteroatoms. The van der Waals surface area contributed by atoms with Crippen molar-refractivity contribution >= 4 is 22.7 Å². The third kappa shape index (κ3) is 3.67. The van der Waals surface area contributed by atoms with Crippen LogP contribution in [0.3, 0.4) is 0 Å². The van der Waals surface area contributed by atoms with E-state index in [0.29, 0.717) is 11.1 Å². The normalized spacial score (nSPS) is 10.3. The van der Waals surface area contributed by atoms with Gasteiger partial charge in [0.05, 0.1) is 35.1 Å². The van der Waals surface area contributed by atoms with Gasteiger partial charge in [-0.2, -0.15) is 10.5 Å². The minimum atomic E-state index is 0.574. The second kappa shape index (κ2) is 8.42. The lowest BCUT2D eigenvalue weighted by atomic mass is 10.1. The van der Waals surface area contributed by atoms with E-state index >= 15 is 0 Å². The Hall–Kier alpha value is -3.58. The highest BCUT2D eigenvalue weighted by Gasteiger charge is 2.19. The summed E-state index contributed by atoms with van der Waals surface area (Å²) >= 11 is 3.05. The molecule has 0 unspecified atom stereocenters. The van der Waals surface area contributed by atoms with Crippen LogP contribution in [0.25, 0.3) is 30.6 Å². The second-order valence-electron chi connectivity index (χ2n) is 6.39. The van der Waals surface area contributed by atoms with Crippen molar-refractivity contribution in [1.82, 2.24) is 0 Å². The van der Waals surface area contributed by atoms with Gasteiger partial charge in [-0.25, -0.2) is 0 Å². The predicted molar refractivity (Wildman–Crippen MR) is 121 cm³/mol. The van der Waals surface area contributed by atoms with E-state index in [1.807, 2.05) is 60.7 Å². The largest absolute Gasteiger partial charge is 0.497 e. The topological polar surface area (TPSA) is 66.0 Å². The molecule has 0 saturated heterocycles. The van der Waals surface area contributed by atoms with Crippen LogP contribution in [0.1, 0.15) is 11.1 Å². The summed E-state index contributed by atoms with van der Waals surface area (Å²) in [6.07, 6.45) is 0. The number of hydrogen-bond donors (Lipinski definition) is 0. The average Bonchev–Trinajstić information content (AvgIpc) is 3.43. The molecule has 4 aromatic rings. The van der Waals surface area contributed by atoms with Crippen molar-refractivity contribution in [2.45, 2.75) is 0 Å². The minimum Gasteiger partial charge on any atom is -0.497 e. The molecule has 0 fully saturated rings. The molecule has 0 atom stereocenters. The Bertz CT molecular complexity index is 1170. The lowest BCUT2D eigenvalue weighted by Crippen LogP contribution is -1.81. The molecular weight excluding hydrogens is 412 g/mol. The molecular formula is C24H16N2O2S2. The summed E-state index contributed by atoms with van der Waals surface area (Å²) in [5, 5.41) is 19.4. The molecule has 0 aliphatic heterocycles. The number of rotatable bonds is 5. The van der Waals surface area contributed by atoms with Gasteiger partial charge in [0.2, 0.25) is 0 Å². The number of ether oxygens (including phenoxy) is 2. The van der Waals surface area contributed by atoms with E-state index in [1.54, 1.807) is 14.2 Å². The Kier molecular flexibility index (Phi) is 5.54. The molecule has 0 amide bonds. The van der Waals surface area contributed by atoms with E-state index < -0.39 is 0 Å². The van der Waals surface area contributed by atoms with E-state index in [0.717, 1.165) is 42.1 Å². The van der Waals surface area contributed by atoms with Gasteiger partial charge < -0.3 is 9.47 Å². The maximum atomic E-state index is 9.71. The summed E-state index contributed by atoms with van der Waals surface area (Å²) in [5.74, 6) is 1.57. The first-order chi connectivity index (χ1) is 14.7. The van der Waals surface area contributed by atoms with Gasteiger partial charge in [0, 0.05) is 9.75 Å². The smallest absolute Gasteiger partial charge is 0.118 e. The van der Waals surface area contributed by atoms with Gasteiger partial charge >= 0.3 is 0 Å². The Morgan fingerprint density at radius 2 is 1.00 bits per heavy atom. The van der Waals surface area contributed by atoms with Gasteiger partial charge in [0.25, 0.3) is 0 Å². The molecule has 2 aromatic carbocycles. The molecule has 0 spiro atoms. The molecule has 30 heavy (non-hydrogen) atoms. The molecule has 146 valence electrons. The third-order valence-corrected chi connectivity index (χ3v) is 7.19. The number of benzene rings is 2. The van der Waals surface area contributed by atoms with E-state index in [2.05, 4.69) is 12.1 Å². The Labute approximate surface area is 182 Å². The van der Waals surface area contributed by atoms with Crippen LogP contribution < -0.4 is 9.47 Å². The fourth-order valence-electron chi connectivity index (χ4n) is 3.08. The zero-order valence-corrected chi connectivity index (χ0v) is 17.9. The van der Waals surface area contributed by atoms with E-state index in [4.69, 9.17) is 9.47 Å². The van der Waals surface area contributed by atoms with Crippen LogP contribution in [0, 0.1) is 22.7 Å². The molecule has 0 radical (unpaired) electrons. The molecule has 0 N–H and O–H groups in total. The maximum Gasteiger partial charge on any atom is 0.118 e. The first kappa shape index (κ1) is 19.7. The van der Waals surface area contributed by atoms with Gasteiger partial charge in [-0.15, -0.1) is 22.7 Å². The van der Waals surface area contributed by atoms with Gasteiger partial charge in [-0.05, 0) is 71.8 Å². The highest BCUT2D eigenvalue weighted by Crippen LogP contribution is 2.45. The number of nitriles is 2. The predicted octanol–water partition coefficient (Wildman–Crippen LogP) is 6.57. The molecule has 4 rings (SSSR count). The van der Waals surface area contributed by atoms with Crippen molar-refractivity contribution in [3.63, 3.8) is 0 Å². The average molecular weight is 429 g/mol. The van der Waals surface area contributed by atoms with Crippen LogP contribution >= 0.6 is 22.7 Å². The number of thiophene rings is 2. The van der Waals surface area contributed by atoms with Gasteiger partial charge in [-0.3, -0.25) is 0 Å². The van der Waals surface area contributed by atoms with Gasteiger partial charge in [-0.1, -0.05) is 0 Å². The first-order valence-electron chi connectivity index (χ1n) is 9.04. The molecule has 0 bridgehead atoms. The van der Waals surface area contributed by atoms with Gasteiger partial charge in [0.15, 0.2) is 0 Å². The fourth-order valence-corrected chi connectivity index (χ4v) is 5.47. The minimum absolute atomic E-state index is 0.574. The lowest BCUT2D eigenvalue weighted by molar-refractivity contribution is 0.415. The van der Waals surface area contributed by atoms with Crippen molar-refractivity contribution < 1.29 is 9.47 Å². The Morgan fingerprint density at radius 3 is 1.30 bits per heavy atom. The van der Waals surface area contributed by atoms with E-state index in [1.165, 1.54) is 22.7 Å². The molecule has 2 aromatic heterocycles. The van der Waals surface area contributed by atoms with Crippen LogP contribution in [0.5, 0.6) is 11.5 Å². The summed E-state index contributed by atoms with van der Waals surface area (Å²) in [6, 6.07) is 23.8. The molecule has 0 aliphatic rings. The monoisotopic (exact) mass is 428 g/mol. The second-order valence-corrected chi connectivity index (χ2v) is 8.49. The zero-order valence-electron chi connectivity index (χ0n) is 16.3. The summed E-state index contributed by atoms with van der Waals surface area (Å²) in [7, 11) is 3.26. The third-order valence-electron chi connectivity index (χ3n) is 4.66. The molecule has 2 heterocycles. The summed E-state index contributed by atoms with van der Waals surface area (Å²) in [6.45, 7) is 0. The first-order valence-corrected chi connectivity index (χ1v) is 10.7. The van der Waals surface area contributed by atoms with Crippen LogP contribution in [0.15, 0.2) is 60.7 Å². The summed E-state index contributed by atoms with van der Waals surface area (Å²) in [5.41, 5.74) is 3.17. The number of methoxy groups -OCH3 is 2. The quantitative estimate of drug-likeness (QED) is 0.360. The number of hydrogen-bond acceptors (Lipinski definition) is 6. The Balaban J connectivity index is 1.77. The van der Waals surface area contributed by atoms with Crippen LogP contribution in [0.2, 0.25) is 0 Å². The molecule has 4 nitrogen and oxygen atoms in total. The lowest BCUT2D eigenvalue weighted by Gasteiger charge is -2.01. The standard InChI is InChI=1S/C24H16N2O2S2/c1-27-19-7-3-15(4-8-19)21-11-17(13-25)23(29-21)24-18(14-26)12-22(30-24)16-5-9-20(28-2)10-6-16/h3-12H,1-2H3. The number of nitrogens with zero attached hydrogens (tertiary/aromatic N) is 2.